The first-order valence-corrected chi connectivity index (χ1v) is 7.43. The maximum atomic E-state index is 11.8. The molecule has 1 aliphatic heterocycles. The van der Waals surface area contributed by atoms with Crippen LogP contribution in [0.15, 0.2) is 29.3 Å². The van der Waals surface area contributed by atoms with Crippen molar-refractivity contribution in [1.29, 1.82) is 0 Å². The average Bonchev–Trinajstić information content (AvgIpc) is 2.53. The van der Waals surface area contributed by atoms with Gasteiger partial charge in [0.15, 0.2) is 5.96 Å². The predicted octanol–water partition coefficient (Wildman–Crippen LogP) is 1.69. The highest BCUT2D eigenvalue weighted by Gasteiger charge is 2.11. The van der Waals surface area contributed by atoms with Crippen LogP contribution in [0.5, 0.6) is 0 Å². The van der Waals surface area contributed by atoms with Gasteiger partial charge in [-0.3, -0.25) is 4.79 Å². The number of nitrogens with two attached hydrogens (primary N) is 1. The maximum absolute atomic E-state index is 11.8. The molecule has 5 heteroatoms. The van der Waals surface area contributed by atoms with Crippen LogP contribution in [0.3, 0.4) is 0 Å². The molecule has 5 nitrogen and oxygen atoms in total. The SMILES string of the molecule is CN(C)C(=O)c1ccc(CN=C(N)N2CCCCC2)cc1. The zero-order valence-corrected chi connectivity index (χ0v) is 12.9. The highest BCUT2D eigenvalue weighted by molar-refractivity contribution is 5.93. The molecule has 0 atom stereocenters. The standard InChI is InChI=1S/C16H24N4O/c1-19(2)15(21)14-8-6-13(7-9-14)12-18-16(17)20-10-4-3-5-11-20/h6-9H,3-5,10-12H2,1-2H3,(H2,17,18). The number of rotatable bonds is 3. The Labute approximate surface area is 126 Å². The molecule has 1 saturated heterocycles. The van der Waals surface area contributed by atoms with Crippen molar-refractivity contribution in [3.8, 4) is 0 Å². The number of likely N-dealkylation sites (tertiary alicyclic amines) is 1. The quantitative estimate of drug-likeness (QED) is 0.680. The predicted molar refractivity (Wildman–Crippen MR) is 85.2 cm³/mol. The molecule has 1 aromatic carbocycles. The van der Waals surface area contributed by atoms with Crippen molar-refractivity contribution in [2.24, 2.45) is 10.7 Å². The Hall–Kier alpha value is -2.04. The highest BCUT2D eigenvalue weighted by Crippen LogP contribution is 2.10. The number of hydrogen-bond donors (Lipinski definition) is 1. The van der Waals surface area contributed by atoms with Crippen molar-refractivity contribution in [3.63, 3.8) is 0 Å². The van der Waals surface area contributed by atoms with E-state index in [1.54, 1.807) is 19.0 Å². The third-order valence-corrected chi connectivity index (χ3v) is 3.71. The monoisotopic (exact) mass is 288 g/mol. The second kappa shape index (κ2) is 7.11. The van der Waals surface area contributed by atoms with Crippen LogP contribution in [0.4, 0.5) is 0 Å². The molecule has 0 radical (unpaired) electrons. The Kier molecular flexibility index (Phi) is 5.20. The topological polar surface area (TPSA) is 61.9 Å². The van der Waals surface area contributed by atoms with E-state index < -0.39 is 0 Å². The van der Waals surface area contributed by atoms with Gasteiger partial charge in [-0.2, -0.15) is 0 Å². The van der Waals surface area contributed by atoms with E-state index in [-0.39, 0.29) is 5.91 Å². The molecular formula is C16H24N4O. The smallest absolute Gasteiger partial charge is 0.253 e. The van der Waals surface area contributed by atoms with Gasteiger partial charge in [0.1, 0.15) is 0 Å². The van der Waals surface area contributed by atoms with E-state index in [0.29, 0.717) is 18.1 Å². The van der Waals surface area contributed by atoms with E-state index in [9.17, 15) is 4.79 Å². The van der Waals surface area contributed by atoms with Gasteiger partial charge < -0.3 is 15.5 Å². The Morgan fingerprint density at radius 2 is 1.81 bits per heavy atom. The summed E-state index contributed by atoms with van der Waals surface area (Å²) in [4.78, 5) is 20.0. The third kappa shape index (κ3) is 4.21. The summed E-state index contributed by atoms with van der Waals surface area (Å²) in [7, 11) is 3.50. The number of piperidine rings is 1. The fourth-order valence-corrected chi connectivity index (χ4v) is 2.41. The molecule has 0 unspecified atom stereocenters. The van der Waals surface area contributed by atoms with Crippen molar-refractivity contribution < 1.29 is 4.79 Å². The number of benzene rings is 1. The minimum atomic E-state index is 0.0119. The summed E-state index contributed by atoms with van der Waals surface area (Å²) in [6, 6.07) is 7.54. The molecule has 1 amide bonds. The van der Waals surface area contributed by atoms with Gasteiger partial charge in [0.25, 0.3) is 5.91 Å². The molecule has 0 bridgehead atoms. The number of carbonyl (C=O) groups excluding carboxylic acids is 1. The summed E-state index contributed by atoms with van der Waals surface area (Å²) in [5.74, 6) is 0.640. The molecule has 0 spiro atoms. The summed E-state index contributed by atoms with van der Waals surface area (Å²) in [6.07, 6.45) is 3.67. The second-order valence-electron chi connectivity index (χ2n) is 5.62. The number of aliphatic imine (C=N–C) groups is 1. The number of nitrogens with zero attached hydrogens (tertiary/aromatic N) is 3. The third-order valence-electron chi connectivity index (χ3n) is 3.71. The van der Waals surface area contributed by atoms with Crippen LogP contribution in [0.25, 0.3) is 0 Å². The zero-order chi connectivity index (χ0) is 15.2. The zero-order valence-electron chi connectivity index (χ0n) is 12.9. The molecule has 21 heavy (non-hydrogen) atoms. The first-order chi connectivity index (χ1) is 10.1. The molecular weight excluding hydrogens is 264 g/mol. The van der Waals surface area contributed by atoms with Gasteiger partial charge in [-0.15, -0.1) is 0 Å². The Morgan fingerprint density at radius 3 is 2.38 bits per heavy atom. The molecule has 0 aromatic heterocycles. The molecule has 2 rings (SSSR count). The Bertz CT molecular complexity index is 502. The molecule has 1 aromatic rings. The van der Waals surface area contributed by atoms with Gasteiger partial charge >= 0.3 is 0 Å². The van der Waals surface area contributed by atoms with Gasteiger partial charge in [0, 0.05) is 32.7 Å². The van der Waals surface area contributed by atoms with Crippen LogP contribution in [-0.2, 0) is 6.54 Å². The van der Waals surface area contributed by atoms with Crippen LogP contribution >= 0.6 is 0 Å². The summed E-state index contributed by atoms with van der Waals surface area (Å²) in [5.41, 5.74) is 7.78. The molecule has 0 aliphatic carbocycles. The van der Waals surface area contributed by atoms with Crippen LogP contribution in [-0.4, -0.2) is 48.9 Å². The lowest BCUT2D eigenvalue weighted by atomic mass is 10.1. The van der Waals surface area contributed by atoms with Crippen molar-refractivity contribution in [2.75, 3.05) is 27.2 Å². The van der Waals surface area contributed by atoms with Crippen LogP contribution in [0, 0.1) is 0 Å². The van der Waals surface area contributed by atoms with Gasteiger partial charge in [-0.1, -0.05) is 12.1 Å². The molecule has 2 N–H and O–H groups in total. The van der Waals surface area contributed by atoms with Crippen LogP contribution in [0.1, 0.15) is 35.2 Å². The van der Waals surface area contributed by atoms with E-state index in [1.807, 2.05) is 24.3 Å². The highest BCUT2D eigenvalue weighted by atomic mass is 16.2. The van der Waals surface area contributed by atoms with E-state index in [0.717, 1.165) is 18.7 Å². The minimum Gasteiger partial charge on any atom is -0.370 e. The van der Waals surface area contributed by atoms with Crippen molar-refractivity contribution in [1.82, 2.24) is 9.80 Å². The van der Waals surface area contributed by atoms with E-state index in [1.165, 1.54) is 19.3 Å². The first kappa shape index (κ1) is 15.4. The van der Waals surface area contributed by atoms with Gasteiger partial charge in [0.2, 0.25) is 0 Å². The van der Waals surface area contributed by atoms with Crippen molar-refractivity contribution >= 4 is 11.9 Å². The largest absolute Gasteiger partial charge is 0.370 e. The molecule has 1 fully saturated rings. The lowest BCUT2D eigenvalue weighted by Crippen LogP contribution is -2.40. The Balaban J connectivity index is 1.95. The second-order valence-corrected chi connectivity index (χ2v) is 5.62. The lowest BCUT2D eigenvalue weighted by molar-refractivity contribution is 0.0827. The summed E-state index contributed by atoms with van der Waals surface area (Å²) in [6.45, 7) is 2.57. The average molecular weight is 288 g/mol. The minimum absolute atomic E-state index is 0.0119. The molecule has 1 heterocycles. The summed E-state index contributed by atoms with van der Waals surface area (Å²) < 4.78 is 0. The van der Waals surface area contributed by atoms with Crippen molar-refractivity contribution in [2.45, 2.75) is 25.8 Å². The lowest BCUT2D eigenvalue weighted by Gasteiger charge is -2.27. The van der Waals surface area contributed by atoms with Gasteiger partial charge in [-0.05, 0) is 37.0 Å². The van der Waals surface area contributed by atoms with Gasteiger partial charge in [-0.25, -0.2) is 4.99 Å². The fourth-order valence-electron chi connectivity index (χ4n) is 2.41. The molecule has 1 aliphatic rings. The van der Waals surface area contributed by atoms with Crippen LogP contribution < -0.4 is 5.73 Å². The first-order valence-electron chi connectivity index (χ1n) is 7.43. The van der Waals surface area contributed by atoms with Crippen molar-refractivity contribution in [3.05, 3.63) is 35.4 Å². The fraction of sp³-hybridized carbons (Fsp3) is 0.500. The van der Waals surface area contributed by atoms with Gasteiger partial charge in [0.05, 0.1) is 6.54 Å². The number of carbonyl (C=O) groups is 1. The summed E-state index contributed by atoms with van der Waals surface area (Å²) in [5, 5.41) is 0. The number of guanidine groups is 1. The molecule has 0 saturated carbocycles. The maximum Gasteiger partial charge on any atom is 0.253 e. The number of hydrogen-bond acceptors (Lipinski definition) is 2. The normalized spacial score (nSPS) is 15.9. The summed E-state index contributed by atoms with van der Waals surface area (Å²) >= 11 is 0. The molecule has 114 valence electrons. The van der Waals surface area contributed by atoms with E-state index >= 15 is 0 Å². The van der Waals surface area contributed by atoms with Crippen LogP contribution in [0.2, 0.25) is 0 Å². The Morgan fingerprint density at radius 1 is 1.19 bits per heavy atom. The van der Waals surface area contributed by atoms with E-state index in [4.69, 9.17) is 5.73 Å². The number of amides is 1. The van der Waals surface area contributed by atoms with E-state index in [2.05, 4.69) is 9.89 Å².